The lowest BCUT2D eigenvalue weighted by Gasteiger charge is -2.18. The summed E-state index contributed by atoms with van der Waals surface area (Å²) in [5.41, 5.74) is 1.43. The van der Waals surface area contributed by atoms with Crippen molar-refractivity contribution < 1.29 is 14.3 Å². The molecular weight excluding hydrogens is 336 g/mol. The van der Waals surface area contributed by atoms with Crippen LogP contribution in [0.1, 0.15) is 19.4 Å². The number of anilines is 1. The molecule has 0 aliphatic rings. The van der Waals surface area contributed by atoms with Gasteiger partial charge in [-0.3, -0.25) is 9.59 Å². The minimum atomic E-state index is -0.178. The van der Waals surface area contributed by atoms with E-state index in [-0.39, 0.29) is 17.6 Å². The van der Waals surface area contributed by atoms with Crippen molar-refractivity contribution in [3.63, 3.8) is 0 Å². The van der Waals surface area contributed by atoms with E-state index in [2.05, 4.69) is 5.32 Å². The Morgan fingerprint density at radius 3 is 2.48 bits per heavy atom. The number of halogens is 1. The van der Waals surface area contributed by atoms with Gasteiger partial charge in [-0.15, -0.1) is 11.8 Å². The Hall–Kier alpha value is -1.40. The molecule has 23 heavy (non-hydrogen) atoms. The molecule has 1 rings (SSSR count). The smallest absolute Gasteiger partial charge is 0.234 e. The molecule has 1 aromatic carbocycles. The number of benzene rings is 1. The minimum absolute atomic E-state index is 0.0488. The monoisotopic (exact) mass is 358 g/mol. The summed E-state index contributed by atoms with van der Waals surface area (Å²) in [6, 6.07) is 3.44. The van der Waals surface area contributed by atoms with Crippen LogP contribution in [-0.2, 0) is 9.59 Å². The Morgan fingerprint density at radius 2 is 1.91 bits per heavy atom. The van der Waals surface area contributed by atoms with Gasteiger partial charge in [0.1, 0.15) is 5.75 Å². The SMILES string of the molecule is CCN(CC)C(=O)CSCC(=O)Nc1cc(C)c(Cl)cc1OC. The highest BCUT2D eigenvalue weighted by Crippen LogP contribution is 2.30. The average Bonchev–Trinajstić information content (AvgIpc) is 2.51. The van der Waals surface area contributed by atoms with E-state index in [9.17, 15) is 9.59 Å². The van der Waals surface area contributed by atoms with E-state index in [0.717, 1.165) is 5.56 Å². The second-order valence-electron chi connectivity index (χ2n) is 4.91. The van der Waals surface area contributed by atoms with Crippen molar-refractivity contribution in [1.29, 1.82) is 0 Å². The number of methoxy groups -OCH3 is 1. The summed E-state index contributed by atoms with van der Waals surface area (Å²) >= 11 is 7.34. The highest BCUT2D eigenvalue weighted by atomic mass is 35.5. The van der Waals surface area contributed by atoms with Gasteiger partial charge in [-0.1, -0.05) is 11.6 Å². The predicted octanol–water partition coefficient (Wildman–Crippen LogP) is 3.20. The number of hydrogen-bond donors (Lipinski definition) is 1. The lowest BCUT2D eigenvalue weighted by molar-refractivity contribution is -0.127. The topological polar surface area (TPSA) is 58.6 Å². The number of rotatable bonds is 8. The molecule has 0 aliphatic heterocycles. The maximum absolute atomic E-state index is 12.0. The Labute approximate surface area is 146 Å². The van der Waals surface area contributed by atoms with Crippen molar-refractivity contribution in [3.05, 3.63) is 22.7 Å². The standard InChI is InChI=1S/C16H23ClN2O3S/c1-5-19(6-2)16(21)10-23-9-15(20)18-13-7-11(3)12(17)8-14(13)22-4/h7-8H,5-6,9-10H2,1-4H3,(H,18,20). The molecule has 5 nitrogen and oxygen atoms in total. The Morgan fingerprint density at radius 1 is 1.26 bits per heavy atom. The molecule has 0 heterocycles. The summed E-state index contributed by atoms with van der Waals surface area (Å²) in [5.74, 6) is 0.886. The number of hydrogen-bond acceptors (Lipinski definition) is 4. The van der Waals surface area contributed by atoms with Gasteiger partial charge in [0.05, 0.1) is 24.3 Å². The van der Waals surface area contributed by atoms with E-state index in [1.807, 2.05) is 20.8 Å². The average molecular weight is 359 g/mol. The lowest BCUT2D eigenvalue weighted by Crippen LogP contribution is -2.32. The molecule has 0 unspecified atom stereocenters. The third-order valence-electron chi connectivity index (χ3n) is 3.33. The van der Waals surface area contributed by atoms with E-state index in [1.165, 1.54) is 18.9 Å². The van der Waals surface area contributed by atoms with Gasteiger partial charge >= 0.3 is 0 Å². The first-order chi connectivity index (χ1) is 10.9. The number of nitrogens with one attached hydrogen (secondary N) is 1. The highest BCUT2D eigenvalue weighted by Gasteiger charge is 2.13. The van der Waals surface area contributed by atoms with Crippen LogP contribution >= 0.6 is 23.4 Å². The second-order valence-corrected chi connectivity index (χ2v) is 6.30. The molecule has 0 radical (unpaired) electrons. The molecule has 1 N–H and O–H groups in total. The predicted molar refractivity (Wildman–Crippen MR) is 96.6 cm³/mol. The van der Waals surface area contributed by atoms with Gasteiger partial charge in [0, 0.05) is 24.2 Å². The van der Waals surface area contributed by atoms with E-state index >= 15 is 0 Å². The van der Waals surface area contributed by atoms with Crippen molar-refractivity contribution in [2.45, 2.75) is 20.8 Å². The summed E-state index contributed by atoms with van der Waals surface area (Å²) in [7, 11) is 1.52. The molecule has 0 spiro atoms. The van der Waals surface area contributed by atoms with Gasteiger partial charge in [-0.2, -0.15) is 0 Å². The fourth-order valence-corrected chi connectivity index (χ4v) is 2.89. The van der Waals surface area contributed by atoms with E-state index in [4.69, 9.17) is 16.3 Å². The van der Waals surface area contributed by atoms with Crippen LogP contribution in [0.2, 0.25) is 5.02 Å². The summed E-state index contributed by atoms with van der Waals surface area (Å²) in [6.45, 7) is 7.10. The number of nitrogens with zero attached hydrogens (tertiary/aromatic N) is 1. The maximum Gasteiger partial charge on any atom is 0.234 e. The Balaban J connectivity index is 2.55. The molecule has 1 aromatic rings. The molecule has 2 amide bonds. The van der Waals surface area contributed by atoms with Crippen LogP contribution in [0.3, 0.4) is 0 Å². The van der Waals surface area contributed by atoms with Crippen molar-refractivity contribution in [2.75, 3.05) is 37.0 Å². The molecule has 0 bridgehead atoms. The molecule has 7 heteroatoms. The zero-order valence-corrected chi connectivity index (χ0v) is 15.5. The van der Waals surface area contributed by atoms with Crippen LogP contribution < -0.4 is 10.1 Å². The molecule has 0 aromatic heterocycles. The maximum atomic E-state index is 12.0. The molecular formula is C16H23ClN2O3S. The van der Waals surface area contributed by atoms with Crippen molar-refractivity contribution >= 4 is 40.9 Å². The largest absolute Gasteiger partial charge is 0.495 e. The van der Waals surface area contributed by atoms with Crippen LogP contribution in [0, 0.1) is 6.92 Å². The van der Waals surface area contributed by atoms with Gasteiger partial charge in [-0.25, -0.2) is 0 Å². The number of carbonyl (C=O) groups is 2. The summed E-state index contributed by atoms with van der Waals surface area (Å²) in [6.07, 6.45) is 0. The Kier molecular flexibility index (Phi) is 8.26. The van der Waals surface area contributed by atoms with E-state index < -0.39 is 0 Å². The van der Waals surface area contributed by atoms with Gasteiger partial charge in [0.25, 0.3) is 0 Å². The quantitative estimate of drug-likeness (QED) is 0.775. The number of aryl methyl sites for hydroxylation is 1. The number of ether oxygens (including phenoxy) is 1. The fourth-order valence-electron chi connectivity index (χ4n) is 2.01. The highest BCUT2D eigenvalue weighted by molar-refractivity contribution is 8.00. The van der Waals surface area contributed by atoms with Gasteiger partial charge in [-0.05, 0) is 32.4 Å². The molecule has 0 saturated heterocycles. The molecule has 0 atom stereocenters. The van der Waals surface area contributed by atoms with Crippen LogP contribution in [0.5, 0.6) is 5.75 Å². The van der Waals surface area contributed by atoms with Crippen LogP contribution in [0.15, 0.2) is 12.1 Å². The van der Waals surface area contributed by atoms with Crippen molar-refractivity contribution in [2.24, 2.45) is 0 Å². The van der Waals surface area contributed by atoms with Gasteiger partial charge in [0.15, 0.2) is 0 Å². The normalized spacial score (nSPS) is 10.3. The number of thioether (sulfide) groups is 1. The lowest BCUT2D eigenvalue weighted by atomic mass is 10.2. The molecule has 0 fully saturated rings. The first-order valence-corrected chi connectivity index (χ1v) is 8.95. The first kappa shape index (κ1) is 19.6. The molecule has 0 saturated carbocycles. The van der Waals surface area contributed by atoms with Gasteiger partial charge in [0.2, 0.25) is 11.8 Å². The first-order valence-electron chi connectivity index (χ1n) is 7.42. The van der Waals surface area contributed by atoms with Crippen LogP contribution in [0.25, 0.3) is 0 Å². The van der Waals surface area contributed by atoms with Gasteiger partial charge < -0.3 is 15.0 Å². The third kappa shape index (κ3) is 5.95. The van der Waals surface area contributed by atoms with Crippen molar-refractivity contribution in [1.82, 2.24) is 4.90 Å². The number of carbonyl (C=O) groups excluding carboxylic acids is 2. The molecule has 128 valence electrons. The zero-order valence-electron chi connectivity index (χ0n) is 13.9. The van der Waals surface area contributed by atoms with E-state index in [0.29, 0.717) is 35.3 Å². The third-order valence-corrected chi connectivity index (χ3v) is 4.65. The van der Waals surface area contributed by atoms with E-state index in [1.54, 1.807) is 17.0 Å². The summed E-state index contributed by atoms with van der Waals surface area (Å²) < 4.78 is 5.22. The number of amides is 2. The fraction of sp³-hybridized carbons (Fsp3) is 0.500. The second kappa shape index (κ2) is 9.67. The Bertz CT molecular complexity index is 563. The summed E-state index contributed by atoms with van der Waals surface area (Å²) in [4.78, 5) is 25.6. The van der Waals surface area contributed by atoms with Crippen LogP contribution in [-0.4, -0.2) is 48.4 Å². The minimum Gasteiger partial charge on any atom is -0.495 e. The van der Waals surface area contributed by atoms with Crippen LogP contribution in [0.4, 0.5) is 5.69 Å². The summed E-state index contributed by atoms with van der Waals surface area (Å²) in [5, 5.41) is 3.37. The molecule has 0 aliphatic carbocycles. The zero-order chi connectivity index (χ0) is 17.4. The van der Waals surface area contributed by atoms with Crippen molar-refractivity contribution in [3.8, 4) is 5.75 Å².